The van der Waals surface area contributed by atoms with Crippen molar-refractivity contribution < 1.29 is 18.3 Å². The van der Waals surface area contributed by atoms with E-state index in [1.54, 1.807) is 6.07 Å². The molecule has 1 amide bonds. The van der Waals surface area contributed by atoms with E-state index in [1.165, 1.54) is 42.3 Å². The van der Waals surface area contributed by atoms with Crippen LogP contribution in [0, 0.1) is 11.6 Å². The predicted molar refractivity (Wildman–Crippen MR) is 86.8 cm³/mol. The van der Waals surface area contributed by atoms with E-state index in [1.807, 2.05) is 0 Å². The Balaban J connectivity index is 1.88. The summed E-state index contributed by atoms with van der Waals surface area (Å²) in [6.45, 7) is 0.946. The molecule has 0 bridgehead atoms. The van der Waals surface area contributed by atoms with E-state index in [-0.39, 0.29) is 23.1 Å². The summed E-state index contributed by atoms with van der Waals surface area (Å²) in [5.41, 5.74) is 6.36. The van der Waals surface area contributed by atoms with Gasteiger partial charge in [0.15, 0.2) is 0 Å². The minimum absolute atomic E-state index is 0.0261. The third kappa shape index (κ3) is 3.10. The Morgan fingerprint density at radius 2 is 2.00 bits per heavy atom. The highest BCUT2D eigenvalue weighted by atomic mass is 19.1. The maximum absolute atomic E-state index is 14.4. The summed E-state index contributed by atoms with van der Waals surface area (Å²) in [7, 11) is 1.44. The fraction of sp³-hybridized carbons (Fsp3) is 0.278. The Morgan fingerprint density at radius 1 is 1.21 bits per heavy atom. The first kappa shape index (κ1) is 16.4. The van der Waals surface area contributed by atoms with Gasteiger partial charge in [0, 0.05) is 30.8 Å². The maximum Gasteiger partial charge on any atom is 0.256 e. The van der Waals surface area contributed by atoms with Gasteiger partial charge in [-0.1, -0.05) is 6.07 Å². The smallest absolute Gasteiger partial charge is 0.256 e. The fourth-order valence-corrected chi connectivity index (χ4v) is 2.86. The van der Waals surface area contributed by atoms with Crippen molar-refractivity contribution in [2.75, 3.05) is 20.2 Å². The van der Waals surface area contributed by atoms with Crippen LogP contribution in [0.25, 0.3) is 11.1 Å². The molecule has 0 aliphatic carbocycles. The van der Waals surface area contributed by atoms with E-state index in [0.717, 1.165) is 0 Å². The van der Waals surface area contributed by atoms with Gasteiger partial charge in [-0.25, -0.2) is 8.78 Å². The number of likely N-dealkylation sites (tertiary alicyclic amines) is 1. The number of nitrogens with two attached hydrogens (primary N) is 1. The number of carbonyl (C=O) groups excluding carboxylic acids is 1. The molecule has 6 heteroatoms. The van der Waals surface area contributed by atoms with Gasteiger partial charge in [-0.2, -0.15) is 0 Å². The van der Waals surface area contributed by atoms with Crippen molar-refractivity contribution in [2.45, 2.75) is 12.5 Å². The minimum Gasteiger partial charge on any atom is -0.497 e. The van der Waals surface area contributed by atoms with Crippen LogP contribution in [0.15, 0.2) is 36.4 Å². The number of ether oxygens (including phenoxy) is 1. The molecule has 1 atom stereocenters. The summed E-state index contributed by atoms with van der Waals surface area (Å²) < 4.78 is 33.5. The molecule has 0 aromatic heterocycles. The Kier molecular flexibility index (Phi) is 4.49. The lowest BCUT2D eigenvalue weighted by atomic mass is 10.0. The summed E-state index contributed by atoms with van der Waals surface area (Å²) in [6.07, 6.45) is 0.711. The number of hydrogen-bond acceptors (Lipinski definition) is 3. The third-order valence-electron chi connectivity index (χ3n) is 4.20. The molecule has 0 saturated carbocycles. The monoisotopic (exact) mass is 332 g/mol. The average molecular weight is 332 g/mol. The molecule has 24 heavy (non-hydrogen) atoms. The Bertz CT molecular complexity index is 780. The highest BCUT2D eigenvalue weighted by Gasteiger charge is 2.26. The molecule has 1 aliphatic heterocycles. The second-order valence-corrected chi connectivity index (χ2v) is 5.84. The number of benzene rings is 2. The first-order valence-corrected chi connectivity index (χ1v) is 7.68. The molecule has 1 saturated heterocycles. The van der Waals surface area contributed by atoms with Gasteiger partial charge in [0.1, 0.15) is 17.4 Å². The Morgan fingerprint density at radius 3 is 2.58 bits per heavy atom. The number of amides is 1. The summed E-state index contributed by atoms with van der Waals surface area (Å²) in [5.74, 6) is -1.19. The molecule has 4 nitrogen and oxygen atoms in total. The standard InChI is InChI=1S/C18H18F2N2O2/c1-24-13-3-5-14(17(20)9-13)11-2-4-15(16(19)8-11)18(23)22-7-6-12(21)10-22/h2-5,8-9,12H,6-7,10,21H2,1H3/t12-/m0/s1. The molecule has 0 spiro atoms. The number of rotatable bonds is 3. The largest absolute Gasteiger partial charge is 0.497 e. The topological polar surface area (TPSA) is 55.6 Å². The van der Waals surface area contributed by atoms with Gasteiger partial charge >= 0.3 is 0 Å². The molecule has 0 radical (unpaired) electrons. The fourth-order valence-electron chi connectivity index (χ4n) is 2.86. The zero-order chi connectivity index (χ0) is 17.3. The third-order valence-corrected chi connectivity index (χ3v) is 4.20. The average Bonchev–Trinajstić information content (AvgIpc) is 3.00. The first-order valence-electron chi connectivity index (χ1n) is 7.68. The number of nitrogens with zero attached hydrogens (tertiary/aromatic N) is 1. The van der Waals surface area contributed by atoms with Crippen molar-refractivity contribution in [2.24, 2.45) is 5.73 Å². The van der Waals surface area contributed by atoms with Crippen LogP contribution in [-0.2, 0) is 0 Å². The van der Waals surface area contributed by atoms with E-state index in [9.17, 15) is 13.6 Å². The quantitative estimate of drug-likeness (QED) is 0.940. The van der Waals surface area contributed by atoms with E-state index >= 15 is 0 Å². The van der Waals surface area contributed by atoms with Gasteiger partial charge in [0.25, 0.3) is 5.91 Å². The minimum atomic E-state index is -0.673. The van der Waals surface area contributed by atoms with Crippen molar-refractivity contribution >= 4 is 5.91 Å². The SMILES string of the molecule is COc1ccc(-c2ccc(C(=O)N3CC[C@H](N)C3)c(F)c2)c(F)c1. The lowest BCUT2D eigenvalue weighted by Crippen LogP contribution is -2.32. The van der Waals surface area contributed by atoms with Crippen molar-refractivity contribution in [3.05, 3.63) is 53.6 Å². The van der Waals surface area contributed by atoms with Crippen LogP contribution in [0.2, 0.25) is 0 Å². The van der Waals surface area contributed by atoms with E-state index in [0.29, 0.717) is 30.8 Å². The van der Waals surface area contributed by atoms with E-state index in [4.69, 9.17) is 10.5 Å². The molecule has 126 valence electrons. The van der Waals surface area contributed by atoms with Gasteiger partial charge in [-0.15, -0.1) is 0 Å². The summed E-state index contributed by atoms with van der Waals surface area (Å²) >= 11 is 0. The predicted octanol–water partition coefficient (Wildman–Crippen LogP) is 2.81. The first-order chi connectivity index (χ1) is 11.5. The molecule has 3 rings (SSSR count). The molecule has 2 N–H and O–H groups in total. The molecule has 1 aliphatic rings. The van der Waals surface area contributed by atoms with Gasteiger partial charge in [0.05, 0.1) is 12.7 Å². The lowest BCUT2D eigenvalue weighted by Gasteiger charge is -2.16. The zero-order valence-electron chi connectivity index (χ0n) is 13.3. The van der Waals surface area contributed by atoms with Crippen LogP contribution in [0.3, 0.4) is 0 Å². The van der Waals surface area contributed by atoms with Crippen LogP contribution >= 0.6 is 0 Å². The number of carbonyl (C=O) groups is 1. The number of hydrogen-bond donors (Lipinski definition) is 1. The second-order valence-electron chi connectivity index (χ2n) is 5.84. The van der Waals surface area contributed by atoms with Crippen molar-refractivity contribution in [3.63, 3.8) is 0 Å². The molecule has 1 fully saturated rings. The number of halogens is 2. The summed E-state index contributed by atoms with van der Waals surface area (Å²) in [4.78, 5) is 13.9. The molecular weight excluding hydrogens is 314 g/mol. The van der Waals surface area contributed by atoms with Gasteiger partial charge in [-0.05, 0) is 36.2 Å². The van der Waals surface area contributed by atoms with Crippen molar-refractivity contribution in [1.29, 1.82) is 0 Å². The molecule has 2 aromatic rings. The maximum atomic E-state index is 14.4. The molecule has 0 unspecified atom stereocenters. The van der Waals surface area contributed by atoms with Crippen molar-refractivity contribution in [1.82, 2.24) is 4.90 Å². The van der Waals surface area contributed by atoms with Crippen LogP contribution in [-0.4, -0.2) is 37.0 Å². The zero-order valence-corrected chi connectivity index (χ0v) is 13.3. The molecule has 2 aromatic carbocycles. The van der Waals surface area contributed by atoms with Gasteiger partial charge < -0.3 is 15.4 Å². The van der Waals surface area contributed by atoms with Gasteiger partial charge in [-0.3, -0.25) is 4.79 Å². The van der Waals surface area contributed by atoms with Crippen LogP contribution in [0.1, 0.15) is 16.8 Å². The molecular formula is C18H18F2N2O2. The van der Waals surface area contributed by atoms with Crippen LogP contribution in [0.4, 0.5) is 8.78 Å². The lowest BCUT2D eigenvalue weighted by molar-refractivity contribution is 0.0786. The second kappa shape index (κ2) is 6.57. The Labute approximate surface area is 138 Å². The van der Waals surface area contributed by atoms with Crippen LogP contribution < -0.4 is 10.5 Å². The van der Waals surface area contributed by atoms with Crippen LogP contribution in [0.5, 0.6) is 5.75 Å². The summed E-state index contributed by atoms with van der Waals surface area (Å²) in [5, 5.41) is 0. The normalized spacial score (nSPS) is 17.2. The highest BCUT2D eigenvalue weighted by Crippen LogP contribution is 2.28. The highest BCUT2D eigenvalue weighted by molar-refractivity contribution is 5.95. The number of methoxy groups -OCH3 is 1. The van der Waals surface area contributed by atoms with E-state index < -0.39 is 11.6 Å². The van der Waals surface area contributed by atoms with Crippen molar-refractivity contribution in [3.8, 4) is 16.9 Å². The Hall–Kier alpha value is -2.47. The summed E-state index contributed by atoms with van der Waals surface area (Å²) in [6, 6.07) is 8.39. The van der Waals surface area contributed by atoms with Gasteiger partial charge in [0.2, 0.25) is 0 Å². The van der Waals surface area contributed by atoms with E-state index in [2.05, 4.69) is 0 Å². The molecule has 1 heterocycles.